The molecule has 0 aliphatic heterocycles. The molecular weight excluding hydrogens is 192 g/mol. The molecule has 0 heterocycles. The van der Waals surface area contributed by atoms with Crippen molar-refractivity contribution in [2.24, 2.45) is 5.73 Å². The lowest BCUT2D eigenvalue weighted by Crippen LogP contribution is -2.38. The molecule has 0 saturated heterocycles. The third-order valence-electron chi connectivity index (χ3n) is 1.63. The molecule has 13 heavy (non-hydrogen) atoms. The zero-order valence-corrected chi connectivity index (χ0v) is 8.68. The largest absolute Gasteiger partial charge is 0.329 e. The normalized spacial score (nSPS) is 14.4. The molecule has 0 aromatic heterocycles. The third kappa shape index (κ3) is 8.17. The molecule has 5 nitrogen and oxygen atoms in total. The van der Waals surface area contributed by atoms with E-state index in [0.29, 0.717) is 13.1 Å². The van der Waals surface area contributed by atoms with Gasteiger partial charge >= 0.3 is 0 Å². The van der Waals surface area contributed by atoms with E-state index in [1.165, 1.54) is 0 Å². The second kappa shape index (κ2) is 6.31. The molecular formula is C7H18N2O3S. The van der Waals surface area contributed by atoms with Crippen molar-refractivity contribution in [3.63, 3.8) is 0 Å². The van der Waals surface area contributed by atoms with Gasteiger partial charge in [0.15, 0.2) is 0 Å². The number of hydrogen-bond donors (Lipinski definition) is 3. The third-order valence-corrected chi connectivity index (χ3v) is 2.45. The Kier molecular flexibility index (Phi) is 6.23. The van der Waals surface area contributed by atoms with E-state index in [-0.39, 0.29) is 11.8 Å². The van der Waals surface area contributed by atoms with Crippen molar-refractivity contribution >= 4 is 10.1 Å². The molecule has 0 aromatic rings. The molecule has 0 saturated carbocycles. The van der Waals surface area contributed by atoms with Gasteiger partial charge in [-0.3, -0.25) is 4.55 Å². The van der Waals surface area contributed by atoms with Gasteiger partial charge in [0, 0.05) is 19.1 Å². The van der Waals surface area contributed by atoms with Crippen molar-refractivity contribution in [3.8, 4) is 0 Å². The quantitative estimate of drug-likeness (QED) is 0.497. The van der Waals surface area contributed by atoms with Gasteiger partial charge in [0.1, 0.15) is 0 Å². The first kappa shape index (κ1) is 12.8. The summed E-state index contributed by atoms with van der Waals surface area (Å²) in [6.07, 6.45) is 1.59. The van der Waals surface area contributed by atoms with Crippen LogP contribution in [0.1, 0.15) is 19.8 Å². The van der Waals surface area contributed by atoms with Crippen LogP contribution in [0.3, 0.4) is 0 Å². The maximum atomic E-state index is 10.6. The van der Waals surface area contributed by atoms with E-state index in [2.05, 4.69) is 5.32 Å². The summed E-state index contributed by atoms with van der Waals surface area (Å²) in [5.41, 5.74) is 5.26. The Morgan fingerprint density at radius 1 is 1.54 bits per heavy atom. The van der Waals surface area contributed by atoms with Crippen LogP contribution >= 0.6 is 0 Å². The van der Waals surface area contributed by atoms with Gasteiger partial charge in [-0.05, 0) is 6.42 Å². The molecule has 0 aliphatic carbocycles. The average molecular weight is 210 g/mol. The minimum Gasteiger partial charge on any atom is -0.329 e. The van der Waals surface area contributed by atoms with Crippen LogP contribution in [0.15, 0.2) is 0 Å². The monoisotopic (exact) mass is 210 g/mol. The predicted molar refractivity (Wildman–Crippen MR) is 52.2 cm³/mol. The van der Waals surface area contributed by atoms with Crippen LogP contribution in [0.5, 0.6) is 0 Å². The van der Waals surface area contributed by atoms with E-state index in [1.54, 1.807) is 0 Å². The second-order valence-corrected chi connectivity index (χ2v) is 4.47. The topological polar surface area (TPSA) is 92.4 Å². The number of nitrogens with one attached hydrogen (secondary N) is 1. The molecule has 6 heteroatoms. The molecule has 1 atom stereocenters. The summed E-state index contributed by atoms with van der Waals surface area (Å²) < 4.78 is 29.7. The molecule has 0 spiro atoms. The fourth-order valence-corrected chi connectivity index (χ4v) is 1.93. The van der Waals surface area contributed by atoms with Crippen molar-refractivity contribution in [2.45, 2.75) is 25.8 Å². The van der Waals surface area contributed by atoms with E-state index < -0.39 is 10.1 Å². The SMILES string of the molecule is CCCC(CS(=O)(=O)O)NCCN. The molecule has 1 unspecified atom stereocenters. The number of hydrogen-bond acceptors (Lipinski definition) is 4. The van der Waals surface area contributed by atoms with Gasteiger partial charge in [-0.25, -0.2) is 0 Å². The maximum Gasteiger partial charge on any atom is 0.266 e. The van der Waals surface area contributed by atoms with Crippen LogP contribution in [-0.4, -0.2) is 37.9 Å². The zero-order valence-electron chi connectivity index (χ0n) is 7.86. The summed E-state index contributed by atoms with van der Waals surface area (Å²) in [5, 5.41) is 2.96. The average Bonchev–Trinajstić information content (AvgIpc) is 1.98. The lowest BCUT2D eigenvalue weighted by atomic mass is 10.2. The van der Waals surface area contributed by atoms with E-state index in [9.17, 15) is 8.42 Å². The summed E-state index contributed by atoms with van der Waals surface area (Å²) in [5.74, 6) is -0.235. The van der Waals surface area contributed by atoms with E-state index in [0.717, 1.165) is 12.8 Å². The van der Waals surface area contributed by atoms with Gasteiger partial charge in [-0.15, -0.1) is 0 Å². The zero-order chi connectivity index (χ0) is 10.3. The molecule has 0 aromatic carbocycles. The summed E-state index contributed by atoms with van der Waals surface area (Å²) in [7, 11) is -3.88. The summed E-state index contributed by atoms with van der Waals surface area (Å²) in [6, 6.07) is -0.191. The van der Waals surface area contributed by atoms with Gasteiger partial charge in [0.2, 0.25) is 0 Å². The Bertz CT molecular complexity index is 216. The molecule has 0 rings (SSSR count). The van der Waals surface area contributed by atoms with Crippen LogP contribution in [0.25, 0.3) is 0 Å². The fraction of sp³-hybridized carbons (Fsp3) is 1.00. The number of rotatable bonds is 7. The number of nitrogens with two attached hydrogens (primary N) is 1. The highest BCUT2D eigenvalue weighted by atomic mass is 32.2. The lowest BCUT2D eigenvalue weighted by Gasteiger charge is -2.15. The smallest absolute Gasteiger partial charge is 0.266 e. The van der Waals surface area contributed by atoms with Crippen LogP contribution in [0.2, 0.25) is 0 Å². The van der Waals surface area contributed by atoms with Crippen molar-refractivity contribution in [1.29, 1.82) is 0 Å². The highest BCUT2D eigenvalue weighted by molar-refractivity contribution is 7.85. The first-order chi connectivity index (χ1) is 5.99. The predicted octanol–water partition coefficient (Wildman–Crippen LogP) is -0.409. The molecule has 0 fully saturated rings. The highest BCUT2D eigenvalue weighted by Gasteiger charge is 2.14. The Labute approximate surface area is 79.4 Å². The first-order valence-corrected chi connectivity index (χ1v) is 5.99. The van der Waals surface area contributed by atoms with Crippen LogP contribution in [0, 0.1) is 0 Å². The van der Waals surface area contributed by atoms with E-state index in [1.807, 2.05) is 6.92 Å². The van der Waals surface area contributed by atoms with Gasteiger partial charge in [0.05, 0.1) is 5.75 Å². The highest BCUT2D eigenvalue weighted by Crippen LogP contribution is 1.99. The van der Waals surface area contributed by atoms with Crippen molar-refractivity contribution in [2.75, 3.05) is 18.8 Å². The van der Waals surface area contributed by atoms with Crippen LogP contribution in [-0.2, 0) is 10.1 Å². The molecule has 4 N–H and O–H groups in total. The molecule has 80 valence electrons. The summed E-state index contributed by atoms with van der Waals surface area (Å²) >= 11 is 0. The van der Waals surface area contributed by atoms with Gasteiger partial charge in [0.25, 0.3) is 10.1 Å². The maximum absolute atomic E-state index is 10.6. The first-order valence-electron chi connectivity index (χ1n) is 4.38. The fourth-order valence-electron chi connectivity index (χ4n) is 1.13. The Balaban J connectivity index is 3.94. The molecule has 0 bridgehead atoms. The van der Waals surface area contributed by atoms with E-state index in [4.69, 9.17) is 10.3 Å². The molecule has 0 amide bonds. The van der Waals surface area contributed by atoms with Crippen LogP contribution in [0.4, 0.5) is 0 Å². The lowest BCUT2D eigenvalue weighted by molar-refractivity contribution is 0.454. The summed E-state index contributed by atoms with van der Waals surface area (Å²) in [4.78, 5) is 0. The van der Waals surface area contributed by atoms with Gasteiger partial charge in [-0.1, -0.05) is 13.3 Å². The summed E-state index contributed by atoms with van der Waals surface area (Å²) in [6.45, 7) is 2.99. The molecule has 0 radical (unpaired) electrons. The van der Waals surface area contributed by atoms with Gasteiger partial charge in [-0.2, -0.15) is 8.42 Å². The Hall–Kier alpha value is -0.170. The standard InChI is InChI=1S/C7H18N2O3S/c1-2-3-7(9-5-4-8)6-13(10,11)12/h7,9H,2-6,8H2,1H3,(H,10,11,12). The van der Waals surface area contributed by atoms with Gasteiger partial charge < -0.3 is 11.1 Å². The molecule has 0 aliphatic rings. The Morgan fingerprint density at radius 2 is 2.15 bits per heavy atom. The van der Waals surface area contributed by atoms with Crippen molar-refractivity contribution < 1.29 is 13.0 Å². The Morgan fingerprint density at radius 3 is 2.54 bits per heavy atom. The second-order valence-electron chi connectivity index (χ2n) is 2.98. The van der Waals surface area contributed by atoms with Crippen molar-refractivity contribution in [1.82, 2.24) is 5.32 Å². The minimum absolute atomic E-state index is 0.191. The van der Waals surface area contributed by atoms with E-state index >= 15 is 0 Å². The minimum atomic E-state index is -3.88. The van der Waals surface area contributed by atoms with Crippen molar-refractivity contribution in [3.05, 3.63) is 0 Å². The van der Waals surface area contributed by atoms with Crippen LogP contribution < -0.4 is 11.1 Å².